The van der Waals surface area contributed by atoms with Gasteiger partial charge in [-0.2, -0.15) is 5.10 Å². The van der Waals surface area contributed by atoms with E-state index < -0.39 is 0 Å². The number of aromatic nitrogens is 2. The summed E-state index contributed by atoms with van der Waals surface area (Å²) in [6.07, 6.45) is 0. The Bertz CT molecular complexity index is 807. The van der Waals surface area contributed by atoms with Crippen LogP contribution in [-0.4, -0.2) is 64.2 Å². The van der Waals surface area contributed by atoms with Crippen molar-refractivity contribution in [2.24, 2.45) is 0 Å². The predicted molar refractivity (Wildman–Crippen MR) is 92.7 cm³/mol. The molecule has 0 atom stereocenters. The molecule has 8 heteroatoms. The standard InChI is InChI=1S/C17H20N4O3S/c1-12-2-3-15(25-12)17(23)20-4-5-21-13(11-20)10-14(18-21)16(22)19-6-8-24-9-7-19/h2-3,10H,4-9,11H2,1H3. The smallest absolute Gasteiger partial charge is 0.274 e. The molecule has 0 aromatic carbocycles. The van der Waals surface area contributed by atoms with Crippen molar-refractivity contribution in [3.05, 3.63) is 39.3 Å². The minimum absolute atomic E-state index is 0.0478. The third-order valence-corrected chi connectivity index (χ3v) is 5.54. The Hall–Kier alpha value is -2.19. The molecule has 2 amide bonds. The van der Waals surface area contributed by atoms with Crippen LogP contribution in [0.2, 0.25) is 0 Å². The van der Waals surface area contributed by atoms with E-state index in [2.05, 4.69) is 5.10 Å². The second kappa shape index (κ2) is 6.61. The molecule has 0 bridgehead atoms. The lowest BCUT2D eigenvalue weighted by Crippen LogP contribution is -2.41. The molecule has 0 aliphatic carbocycles. The molecule has 0 saturated carbocycles. The lowest BCUT2D eigenvalue weighted by Gasteiger charge is -2.27. The maximum absolute atomic E-state index is 12.6. The molecule has 2 aromatic rings. The van der Waals surface area contributed by atoms with E-state index in [0.29, 0.717) is 51.6 Å². The molecule has 4 heterocycles. The van der Waals surface area contributed by atoms with Gasteiger partial charge in [-0.1, -0.05) is 0 Å². The van der Waals surface area contributed by atoms with Crippen LogP contribution < -0.4 is 0 Å². The second-order valence-corrected chi connectivity index (χ2v) is 7.57. The van der Waals surface area contributed by atoms with Crippen LogP contribution in [0.3, 0.4) is 0 Å². The molecular formula is C17H20N4O3S. The zero-order valence-electron chi connectivity index (χ0n) is 14.1. The van der Waals surface area contributed by atoms with Gasteiger partial charge >= 0.3 is 0 Å². The van der Waals surface area contributed by atoms with Gasteiger partial charge in [-0.3, -0.25) is 14.3 Å². The Balaban J connectivity index is 1.49. The van der Waals surface area contributed by atoms with Crippen molar-refractivity contribution in [3.63, 3.8) is 0 Å². The zero-order chi connectivity index (χ0) is 17.4. The first kappa shape index (κ1) is 16.3. The number of rotatable bonds is 2. The number of fused-ring (bicyclic) bond motifs is 1. The number of carbonyl (C=O) groups is 2. The fourth-order valence-corrected chi connectivity index (χ4v) is 4.01. The summed E-state index contributed by atoms with van der Waals surface area (Å²) >= 11 is 1.51. The van der Waals surface area contributed by atoms with Gasteiger partial charge in [0.1, 0.15) is 0 Å². The Morgan fingerprint density at radius 1 is 1.08 bits per heavy atom. The van der Waals surface area contributed by atoms with Gasteiger partial charge in [-0.15, -0.1) is 11.3 Å². The minimum atomic E-state index is -0.0584. The van der Waals surface area contributed by atoms with Gasteiger partial charge in [-0.25, -0.2) is 0 Å². The van der Waals surface area contributed by atoms with Gasteiger partial charge in [0.05, 0.1) is 36.9 Å². The highest BCUT2D eigenvalue weighted by Crippen LogP contribution is 2.21. The van der Waals surface area contributed by atoms with E-state index in [4.69, 9.17) is 4.74 Å². The normalized spacial score (nSPS) is 17.5. The fourth-order valence-electron chi connectivity index (χ4n) is 3.18. The molecule has 4 rings (SSSR count). The second-order valence-electron chi connectivity index (χ2n) is 6.29. The monoisotopic (exact) mass is 360 g/mol. The van der Waals surface area contributed by atoms with E-state index in [1.54, 1.807) is 4.90 Å². The zero-order valence-corrected chi connectivity index (χ0v) is 14.9. The van der Waals surface area contributed by atoms with Crippen molar-refractivity contribution in [1.82, 2.24) is 19.6 Å². The summed E-state index contributed by atoms with van der Waals surface area (Å²) in [7, 11) is 0. The van der Waals surface area contributed by atoms with Gasteiger partial charge in [0.15, 0.2) is 5.69 Å². The van der Waals surface area contributed by atoms with Crippen LogP contribution in [-0.2, 0) is 17.8 Å². The molecule has 1 saturated heterocycles. The Morgan fingerprint density at radius 3 is 2.60 bits per heavy atom. The number of morpholine rings is 1. The van der Waals surface area contributed by atoms with E-state index in [1.165, 1.54) is 11.3 Å². The van der Waals surface area contributed by atoms with Crippen LogP contribution in [0.25, 0.3) is 0 Å². The lowest BCUT2D eigenvalue weighted by molar-refractivity contribution is 0.0298. The SMILES string of the molecule is Cc1ccc(C(=O)N2CCn3nc(C(=O)N4CCOCC4)cc3C2)s1. The number of nitrogens with zero attached hydrogens (tertiary/aromatic N) is 4. The average molecular weight is 360 g/mol. The summed E-state index contributed by atoms with van der Waals surface area (Å²) in [6.45, 7) is 6.04. The molecule has 0 radical (unpaired) electrons. The number of carbonyl (C=O) groups excluding carboxylic acids is 2. The minimum Gasteiger partial charge on any atom is -0.378 e. The first-order chi connectivity index (χ1) is 12.1. The molecule has 7 nitrogen and oxygen atoms in total. The first-order valence-electron chi connectivity index (χ1n) is 8.41. The van der Waals surface area contributed by atoms with E-state index >= 15 is 0 Å². The summed E-state index contributed by atoms with van der Waals surface area (Å²) in [6, 6.07) is 5.66. The highest BCUT2D eigenvalue weighted by atomic mass is 32.1. The van der Waals surface area contributed by atoms with Crippen molar-refractivity contribution in [1.29, 1.82) is 0 Å². The van der Waals surface area contributed by atoms with Crippen molar-refractivity contribution < 1.29 is 14.3 Å². The van der Waals surface area contributed by atoms with Crippen LogP contribution in [0.15, 0.2) is 18.2 Å². The fraction of sp³-hybridized carbons (Fsp3) is 0.471. The molecule has 2 aliphatic rings. The maximum Gasteiger partial charge on any atom is 0.274 e. The summed E-state index contributed by atoms with van der Waals surface area (Å²) in [4.78, 5) is 30.7. The predicted octanol–water partition coefficient (Wildman–Crippen LogP) is 1.38. The molecule has 2 aliphatic heterocycles. The van der Waals surface area contributed by atoms with Gasteiger partial charge in [0, 0.05) is 24.5 Å². The number of aryl methyl sites for hydroxylation is 1. The number of thiophene rings is 1. The largest absolute Gasteiger partial charge is 0.378 e. The molecule has 25 heavy (non-hydrogen) atoms. The van der Waals surface area contributed by atoms with Crippen LogP contribution >= 0.6 is 11.3 Å². The first-order valence-corrected chi connectivity index (χ1v) is 9.23. The van der Waals surface area contributed by atoms with Crippen LogP contribution in [0.5, 0.6) is 0 Å². The summed E-state index contributed by atoms with van der Waals surface area (Å²) in [5, 5.41) is 4.45. The van der Waals surface area contributed by atoms with E-state index in [0.717, 1.165) is 15.4 Å². The number of hydrogen-bond donors (Lipinski definition) is 0. The van der Waals surface area contributed by atoms with E-state index in [9.17, 15) is 9.59 Å². The van der Waals surface area contributed by atoms with Gasteiger partial charge in [0.2, 0.25) is 0 Å². The quantitative estimate of drug-likeness (QED) is 0.811. The molecule has 0 N–H and O–H groups in total. The van der Waals surface area contributed by atoms with Gasteiger partial charge < -0.3 is 14.5 Å². The summed E-state index contributed by atoms with van der Waals surface area (Å²) in [5.74, 6) is -0.0106. The highest BCUT2D eigenvalue weighted by molar-refractivity contribution is 7.13. The highest BCUT2D eigenvalue weighted by Gasteiger charge is 2.27. The van der Waals surface area contributed by atoms with Crippen LogP contribution in [0, 0.1) is 6.92 Å². The molecule has 1 fully saturated rings. The molecule has 0 unspecified atom stereocenters. The maximum atomic E-state index is 12.6. The topological polar surface area (TPSA) is 67.7 Å². The van der Waals surface area contributed by atoms with E-state index in [-0.39, 0.29) is 11.8 Å². The average Bonchev–Trinajstić information content (AvgIpc) is 3.26. The summed E-state index contributed by atoms with van der Waals surface area (Å²) in [5.41, 5.74) is 1.36. The van der Waals surface area contributed by atoms with E-state index in [1.807, 2.05) is 34.7 Å². The molecular weight excluding hydrogens is 340 g/mol. The van der Waals surface area contributed by atoms with Crippen molar-refractivity contribution in [2.45, 2.75) is 20.0 Å². The van der Waals surface area contributed by atoms with Gasteiger partial charge in [0.25, 0.3) is 11.8 Å². The van der Waals surface area contributed by atoms with Gasteiger partial charge in [-0.05, 0) is 25.1 Å². The van der Waals surface area contributed by atoms with Crippen molar-refractivity contribution in [3.8, 4) is 0 Å². The Kier molecular flexibility index (Phi) is 4.30. The Labute approximate surface area is 149 Å². The number of hydrogen-bond acceptors (Lipinski definition) is 5. The van der Waals surface area contributed by atoms with Crippen molar-refractivity contribution in [2.75, 3.05) is 32.8 Å². The molecule has 132 valence electrons. The number of amides is 2. The third kappa shape index (κ3) is 3.19. The lowest BCUT2D eigenvalue weighted by atomic mass is 10.2. The molecule has 0 spiro atoms. The summed E-state index contributed by atoms with van der Waals surface area (Å²) < 4.78 is 7.13. The Morgan fingerprint density at radius 2 is 1.88 bits per heavy atom. The van der Waals surface area contributed by atoms with Crippen molar-refractivity contribution >= 4 is 23.2 Å². The van der Waals surface area contributed by atoms with Crippen LogP contribution in [0.4, 0.5) is 0 Å². The number of ether oxygens (including phenoxy) is 1. The molecule has 2 aromatic heterocycles. The third-order valence-electron chi connectivity index (χ3n) is 4.55. The van der Waals surface area contributed by atoms with Crippen LogP contribution in [0.1, 0.15) is 30.7 Å².